The van der Waals surface area contributed by atoms with E-state index in [4.69, 9.17) is 42.1 Å². The number of nitrogens with one attached hydrogen (secondary N) is 2. The van der Waals surface area contributed by atoms with E-state index in [0.29, 0.717) is 22.5 Å². The van der Waals surface area contributed by atoms with E-state index in [1.54, 1.807) is 81.4 Å². The molecule has 0 aliphatic heterocycles. The number of hydrogen-bond donors (Lipinski definition) is 2. The van der Waals surface area contributed by atoms with Gasteiger partial charge in [-0.2, -0.15) is 0 Å². The maximum atomic E-state index is 14.3. The highest BCUT2D eigenvalue weighted by molar-refractivity contribution is 6.31. The molecule has 0 unspecified atom stereocenters. The van der Waals surface area contributed by atoms with E-state index < -0.39 is 57.8 Å². The Morgan fingerprint density at radius 3 is 1.27 bits per heavy atom. The Hall–Kier alpha value is -6.92. The molecule has 20 heteroatoms. The molecule has 16 nitrogen and oxygen atoms in total. The minimum atomic E-state index is -0.813. The van der Waals surface area contributed by atoms with Crippen molar-refractivity contribution in [3.63, 3.8) is 0 Å². The highest BCUT2D eigenvalue weighted by Crippen LogP contribution is 2.28. The van der Waals surface area contributed by atoms with Gasteiger partial charge in [0.05, 0.1) is 58.1 Å². The van der Waals surface area contributed by atoms with Gasteiger partial charge in [0.25, 0.3) is 0 Å². The molecule has 0 fully saturated rings. The lowest BCUT2D eigenvalue weighted by molar-refractivity contribution is 0.0514. The number of anilines is 2. The molecule has 4 aromatic heterocycles. The van der Waals surface area contributed by atoms with Gasteiger partial charge in [0.2, 0.25) is 10.9 Å². The zero-order valence-electron chi connectivity index (χ0n) is 37.6. The summed E-state index contributed by atoms with van der Waals surface area (Å²) in [7, 11) is 0. The first-order valence-corrected chi connectivity index (χ1v) is 20.9. The first-order valence-electron chi connectivity index (χ1n) is 20.2. The molecule has 0 radical (unpaired) electrons. The number of esters is 2. The number of fused-ring (bicyclic) bond motifs is 2. The van der Waals surface area contributed by atoms with Gasteiger partial charge in [-0.1, -0.05) is 23.2 Å². The smallest absolute Gasteiger partial charge is 0.413 e. The minimum Gasteiger partial charge on any atom is -0.462 e. The number of nitrogens with zero attached hydrogens (tertiary/aromatic N) is 4. The predicted octanol–water partition coefficient (Wildman–Crippen LogP) is 10.0. The van der Waals surface area contributed by atoms with Gasteiger partial charge in [-0.3, -0.25) is 20.2 Å². The summed E-state index contributed by atoms with van der Waals surface area (Å²) in [4.78, 5) is 83.1. The SMILES string of the molecule is CCOC(=O)c1cn(-c2cnc(NC(=O)OC(C)(C)C)cc2C)c2cc(F)c(Cl)cc2c1=O.CCOC(=O)c1cn(-c2cnc(NC(=O)OC(C)(C)C)cc2C)c2cc(F)c(Cl)cc2c1=O. The molecule has 66 heavy (non-hydrogen) atoms. The molecule has 0 bridgehead atoms. The van der Waals surface area contributed by atoms with Crippen LogP contribution in [0.5, 0.6) is 0 Å². The fourth-order valence-electron chi connectivity index (χ4n) is 6.30. The lowest BCUT2D eigenvalue weighted by atomic mass is 10.1. The number of ether oxygens (including phenoxy) is 4. The molecule has 6 rings (SSSR count). The van der Waals surface area contributed by atoms with Gasteiger partial charge in [-0.25, -0.2) is 37.9 Å². The van der Waals surface area contributed by atoms with Crippen LogP contribution in [0, 0.1) is 25.5 Å². The summed E-state index contributed by atoms with van der Waals surface area (Å²) in [6.07, 6.45) is 4.07. The zero-order chi connectivity index (χ0) is 49.0. The average Bonchev–Trinajstić information content (AvgIpc) is 3.19. The molecule has 0 aliphatic carbocycles. The van der Waals surface area contributed by atoms with Crippen molar-refractivity contribution >= 4 is 80.8 Å². The van der Waals surface area contributed by atoms with Crippen LogP contribution in [0.3, 0.4) is 0 Å². The van der Waals surface area contributed by atoms with Gasteiger partial charge >= 0.3 is 24.1 Å². The summed E-state index contributed by atoms with van der Waals surface area (Å²) in [6, 6.07) is 7.74. The van der Waals surface area contributed by atoms with E-state index in [0.717, 1.165) is 12.1 Å². The van der Waals surface area contributed by atoms with Crippen molar-refractivity contribution in [2.75, 3.05) is 23.8 Å². The van der Waals surface area contributed by atoms with Gasteiger partial charge < -0.3 is 28.1 Å². The van der Waals surface area contributed by atoms with Crippen LogP contribution in [0.4, 0.5) is 30.0 Å². The Balaban J connectivity index is 0.000000247. The second-order valence-corrected chi connectivity index (χ2v) is 17.3. The van der Waals surface area contributed by atoms with Crippen LogP contribution in [0.2, 0.25) is 10.0 Å². The number of hydrogen-bond acceptors (Lipinski definition) is 12. The van der Waals surface area contributed by atoms with E-state index in [1.165, 1.54) is 46.1 Å². The molecule has 0 spiro atoms. The lowest BCUT2D eigenvalue weighted by Gasteiger charge is -2.20. The largest absolute Gasteiger partial charge is 0.462 e. The number of pyridine rings is 4. The molecule has 6 aromatic rings. The fourth-order valence-corrected chi connectivity index (χ4v) is 6.63. The maximum absolute atomic E-state index is 14.3. The molecular formula is C46H46Cl2F2N6O10. The number of benzene rings is 2. The Bertz CT molecular complexity index is 2830. The van der Waals surface area contributed by atoms with Crippen LogP contribution >= 0.6 is 23.2 Å². The second-order valence-electron chi connectivity index (χ2n) is 16.5. The molecule has 0 atom stereocenters. The summed E-state index contributed by atoms with van der Waals surface area (Å²) in [6.45, 7) is 17.3. The topological polar surface area (TPSA) is 199 Å². The lowest BCUT2D eigenvalue weighted by Crippen LogP contribution is -2.27. The molecule has 2 aromatic carbocycles. The number of carbonyl (C=O) groups excluding carboxylic acids is 4. The van der Waals surface area contributed by atoms with Gasteiger partial charge in [0.1, 0.15) is 45.6 Å². The summed E-state index contributed by atoms with van der Waals surface area (Å²) < 4.78 is 51.9. The van der Waals surface area contributed by atoms with Gasteiger partial charge in [0, 0.05) is 35.3 Å². The van der Waals surface area contributed by atoms with Crippen molar-refractivity contribution < 1.29 is 46.9 Å². The number of carbonyl (C=O) groups is 4. The van der Waals surface area contributed by atoms with Crippen molar-refractivity contribution in [1.29, 1.82) is 0 Å². The summed E-state index contributed by atoms with van der Waals surface area (Å²) in [5.41, 5.74) is -0.580. The highest BCUT2D eigenvalue weighted by Gasteiger charge is 2.23. The third-order valence-electron chi connectivity index (χ3n) is 9.03. The molecular weight excluding hydrogens is 905 g/mol. The summed E-state index contributed by atoms with van der Waals surface area (Å²) >= 11 is 11.8. The Labute approximate surface area is 386 Å². The van der Waals surface area contributed by atoms with Gasteiger partial charge in [-0.15, -0.1) is 0 Å². The van der Waals surface area contributed by atoms with Crippen LogP contribution in [0.25, 0.3) is 33.2 Å². The van der Waals surface area contributed by atoms with Crippen LogP contribution in [-0.2, 0) is 18.9 Å². The van der Waals surface area contributed by atoms with E-state index >= 15 is 0 Å². The van der Waals surface area contributed by atoms with Crippen LogP contribution in [-0.4, -0.2) is 67.6 Å². The number of aryl methyl sites for hydroxylation is 2. The molecule has 0 saturated heterocycles. The Morgan fingerprint density at radius 2 is 0.970 bits per heavy atom. The standard InChI is InChI=1S/2C23H23ClFN3O5/c2*1-6-32-21(30)14-11-28(17-9-16(25)15(24)8-13(17)20(14)29)18-10-26-19(7-12(18)2)27-22(31)33-23(3,4)5/h2*7-11H,6H2,1-5H3,(H,26,27,31). The highest BCUT2D eigenvalue weighted by atomic mass is 35.5. The zero-order valence-corrected chi connectivity index (χ0v) is 39.1. The van der Waals surface area contributed by atoms with Crippen molar-refractivity contribution in [2.45, 2.75) is 80.4 Å². The molecule has 4 heterocycles. The fraction of sp³-hybridized carbons (Fsp3) is 0.304. The molecule has 2 N–H and O–H groups in total. The number of rotatable bonds is 8. The van der Waals surface area contributed by atoms with Crippen molar-refractivity contribution in [3.05, 3.63) is 126 Å². The van der Waals surface area contributed by atoms with Crippen LogP contribution < -0.4 is 21.5 Å². The van der Waals surface area contributed by atoms with E-state index in [1.807, 2.05) is 0 Å². The third-order valence-corrected chi connectivity index (χ3v) is 9.60. The van der Waals surface area contributed by atoms with E-state index in [9.17, 15) is 37.5 Å². The number of halogens is 4. The van der Waals surface area contributed by atoms with Crippen molar-refractivity contribution in [1.82, 2.24) is 19.1 Å². The van der Waals surface area contributed by atoms with Crippen LogP contribution in [0.15, 0.2) is 70.8 Å². The summed E-state index contributed by atoms with van der Waals surface area (Å²) in [5.74, 6) is -2.61. The minimum absolute atomic E-state index is 0.0438. The number of aromatic nitrogens is 4. The Kier molecular flexibility index (Phi) is 15.2. The third kappa shape index (κ3) is 11.9. The first kappa shape index (κ1) is 50.1. The van der Waals surface area contributed by atoms with E-state index in [-0.39, 0.29) is 67.8 Å². The molecule has 0 aliphatic rings. The maximum Gasteiger partial charge on any atom is 0.413 e. The van der Waals surface area contributed by atoms with Crippen LogP contribution in [0.1, 0.15) is 87.2 Å². The van der Waals surface area contributed by atoms with Crippen molar-refractivity contribution in [2.24, 2.45) is 0 Å². The predicted molar refractivity (Wildman–Crippen MR) is 246 cm³/mol. The van der Waals surface area contributed by atoms with Crippen molar-refractivity contribution in [3.8, 4) is 11.4 Å². The Morgan fingerprint density at radius 1 is 0.621 bits per heavy atom. The van der Waals surface area contributed by atoms with Gasteiger partial charge in [0.15, 0.2) is 0 Å². The number of amides is 2. The molecule has 348 valence electrons. The van der Waals surface area contributed by atoms with E-state index in [2.05, 4.69) is 20.6 Å². The average molecular weight is 952 g/mol. The molecule has 2 amide bonds. The normalized spacial score (nSPS) is 11.4. The first-order chi connectivity index (χ1) is 30.8. The second kappa shape index (κ2) is 20.1. The molecule has 0 saturated carbocycles. The monoisotopic (exact) mass is 950 g/mol. The quantitative estimate of drug-likeness (QED) is 0.108. The van der Waals surface area contributed by atoms with Gasteiger partial charge in [-0.05, 0) is 105 Å². The summed E-state index contributed by atoms with van der Waals surface area (Å²) in [5, 5.41) is 4.67.